The largest absolute Gasteiger partial charge is 0.207 e. The van der Waals surface area contributed by atoms with Gasteiger partial charge in [-0.15, -0.1) is 0 Å². The van der Waals surface area contributed by atoms with Gasteiger partial charge in [0.2, 0.25) is 0 Å². The molecule has 0 amide bonds. The van der Waals surface area contributed by atoms with Crippen LogP contribution in [0.5, 0.6) is 0 Å². The maximum Gasteiger partial charge on any atom is 0.129 e. The number of benzene rings is 1. The Morgan fingerprint density at radius 2 is 1.64 bits per heavy atom. The van der Waals surface area contributed by atoms with Gasteiger partial charge in [-0.1, -0.05) is 33.3 Å². The minimum atomic E-state index is -0.433. The average Bonchev–Trinajstić information content (AvgIpc) is 2.16. The van der Waals surface area contributed by atoms with E-state index in [1.807, 2.05) is 20.8 Å². The second-order valence-corrected chi connectivity index (χ2v) is 3.81. The Morgan fingerprint density at radius 3 is 2.07 bits per heavy atom. The van der Waals surface area contributed by atoms with E-state index >= 15 is 0 Å². The van der Waals surface area contributed by atoms with Crippen LogP contribution in [0.4, 0.5) is 8.78 Å². The lowest BCUT2D eigenvalue weighted by atomic mass is 9.87. The van der Waals surface area contributed by atoms with Gasteiger partial charge in [-0.25, -0.2) is 8.78 Å². The fourth-order valence-corrected chi connectivity index (χ4v) is 1.58. The van der Waals surface area contributed by atoms with Crippen LogP contribution in [-0.2, 0) is 0 Å². The van der Waals surface area contributed by atoms with Gasteiger partial charge in [-0.2, -0.15) is 0 Å². The Morgan fingerprint density at radius 1 is 1.14 bits per heavy atom. The fraction of sp³-hybridized carbons (Fsp3) is 0.500. The monoisotopic (exact) mass is 198 g/mol. The van der Waals surface area contributed by atoms with Gasteiger partial charge < -0.3 is 0 Å². The van der Waals surface area contributed by atoms with Crippen LogP contribution >= 0.6 is 0 Å². The van der Waals surface area contributed by atoms with Crippen molar-refractivity contribution in [3.63, 3.8) is 0 Å². The van der Waals surface area contributed by atoms with Gasteiger partial charge in [0.1, 0.15) is 11.6 Å². The van der Waals surface area contributed by atoms with Crippen molar-refractivity contribution in [3.05, 3.63) is 35.4 Å². The molecule has 1 aromatic rings. The van der Waals surface area contributed by atoms with Crippen LogP contribution in [0.15, 0.2) is 18.2 Å². The minimum Gasteiger partial charge on any atom is -0.207 e. The molecular formula is C12H16F2. The van der Waals surface area contributed by atoms with Crippen molar-refractivity contribution in [2.45, 2.75) is 33.1 Å². The Labute approximate surface area is 84.0 Å². The van der Waals surface area contributed by atoms with Crippen LogP contribution in [0, 0.1) is 17.6 Å². The first-order valence-electron chi connectivity index (χ1n) is 5.01. The predicted octanol–water partition coefficient (Wildman–Crippen LogP) is 4.11. The van der Waals surface area contributed by atoms with Crippen LogP contribution in [0.2, 0.25) is 0 Å². The molecule has 0 aliphatic carbocycles. The highest BCUT2D eigenvalue weighted by atomic mass is 19.1. The minimum absolute atomic E-state index is 0.0683. The van der Waals surface area contributed by atoms with Gasteiger partial charge in [-0.3, -0.25) is 0 Å². The Hall–Kier alpha value is -0.920. The summed E-state index contributed by atoms with van der Waals surface area (Å²) in [5.74, 6) is -0.641. The van der Waals surface area contributed by atoms with Crippen molar-refractivity contribution in [3.8, 4) is 0 Å². The van der Waals surface area contributed by atoms with Gasteiger partial charge >= 0.3 is 0 Å². The van der Waals surface area contributed by atoms with Crippen molar-refractivity contribution in [2.24, 2.45) is 5.92 Å². The first kappa shape index (κ1) is 11.2. The van der Waals surface area contributed by atoms with E-state index in [0.717, 1.165) is 6.42 Å². The summed E-state index contributed by atoms with van der Waals surface area (Å²) in [6, 6.07) is 4.03. The summed E-state index contributed by atoms with van der Waals surface area (Å²) in [5, 5.41) is 0. The van der Waals surface area contributed by atoms with E-state index in [1.54, 1.807) is 0 Å². The second kappa shape index (κ2) is 4.54. The topological polar surface area (TPSA) is 0 Å². The SMILES string of the molecule is CCC(C)C(C)c1c(F)cccc1F. The molecule has 1 aromatic carbocycles. The normalized spacial score (nSPS) is 15.2. The number of rotatable bonds is 3. The van der Waals surface area contributed by atoms with Crippen molar-refractivity contribution < 1.29 is 8.78 Å². The summed E-state index contributed by atoms with van der Waals surface area (Å²) < 4.78 is 26.7. The van der Waals surface area contributed by atoms with E-state index in [9.17, 15) is 8.78 Å². The molecule has 14 heavy (non-hydrogen) atoms. The third-order valence-electron chi connectivity index (χ3n) is 2.95. The van der Waals surface area contributed by atoms with Crippen LogP contribution < -0.4 is 0 Å². The lowest BCUT2D eigenvalue weighted by Gasteiger charge is -2.19. The summed E-state index contributed by atoms with van der Waals surface area (Å²) in [6.45, 7) is 5.91. The molecule has 0 bridgehead atoms. The summed E-state index contributed by atoms with van der Waals surface area (Å²) in [5.41, 5.74) is 0.224. The molecule has 0 saturated carbocycles. The molecule has 0 fully saturated rings. The average molecular weight is 198 g/mol. The molecule has 78 valence electrons. The zero-order chi connectivity index (χ0) is 10.7. The zero-order valence-corrected chi connectivity index (χ0v) is 8.85. The highest BCUT2D eigenvalue weighted by molar-refractivity contribution is 5.23. The van der Waals surface area contributed by atoms with Gasteiger partial charge in [0.25, 0.3) is 0 Å². The van der Waals surface area contributed by atoms with Crippen molar-refractivity contribution in [2.75, 3.05) is 0 Å². The maximum absolute atomic E-state index is 13.4. The van der Waals surface area contributed by atoms with Gasteiger partial charge in [0.05, 0.1) is 0 Å². The number of halogens is 2. The summed E-state index contributed by atoms with van der Waals surface area (Å²) in [4.78, 5) is 0. The first-order valence-corrected chi connectivity index (χ1v) is 5.01. The highest BCUT2D eigenvalue weighted by Crippen LogP contribution is 2.29. The highest BCUT2D eigenvalue weighted by Gasteiger charge is 2.19. The zero-order valence-electron chi connectivity index (χ0n) is 8.85. The molecule has 0 aliphatic heterocycles. The predicted molar refractivity (Wildman–Crippen MR) is 54.2 cm³/mol. The lowest BCUT2D eigenvalue weighted by molar-refractivity contribution is 0.433. The van der Waals surface area contributed by atoms with Gasteiger partial charge in [0, 0.05) is 5.56 Å². The maximum atomic E-state index is 13.4. The van der Waals surface area contributed by atoms with E-state index in [1.165, 1.54) is 18.2 Å². The van der Waals surface area contributed by atoms with Crippen molar-refractivity contribution >= 4 is 0 Å². The molecule has 0 saturated heterocycles. The molecule has 0 radical (unpaired) electrons. The van der Waals surface area contributed by atoms with E-state index in [0.29, 0.717) is 5.92 Å². The van der Waals surface area contributed by atoms with E-state index in [2.05, 4.69) is 0 Å². The van der Waals surface area contributed by atoms with Gasteiger partial charge in [0.15, 0.2) is 0 Å². The van der Waals surface area contributed by atoms with Crippen LogP contribution in [0.25, 0.3) is 0 Å². The molecule has 0 spiro atoms. The Bertz CT molecular complexity index is 287. The number of hydrogen-bond donors (Lipinski definition) is 0. The quantitative estimate of drug-likeness (QED) is 0.685. The summed E-state index contributed by atoms with van der Waals surface area (Å²) >= 11 is 0. The molecule has 0 heterocycles. The van der Waals surface area contributed by atoms with Gasteiger partial charge in [-0.05, 0) is 24.0 Å². The van der Waals surface area contributed by atoms with E-state index in [4.69, 9.17) is 0 Å². The van der Waals surface area contributed by atoms with Crippen molar-refractivity contribution in [1.82, 2.24) is 0 Å². The van der Waals surface area contributed by atoms with Crippen LogP contribution in [0.3, 0.4) is 0 Å². The molecule has 0 aromatic heterocycles. The molecule has 0 N–H and O–H groups in total. The summed E-state index contributed by atoms with van der Waals surface area (Å²) in [6.07, 6.45) is 0.926. The van der Waals surface area contributed by atoms with E-state index < -0.39 is 11.6 Å². The first-order chi connectivity index (χ1) is 6.57. The molecular weight excluding hydrogens is 182 g/mol. The standard InChI is InChI=1S/C12H16F2/c1-4-8(2)9(3)12-10(13)6-5-7-11(12)14/h5-9H,4H2,1-3H3. The molecule has 2 unspecified atom stereocenters. The molecule has 0 aliphatic rings. The molecule has 1 rings (SSSR count). The van der Waals surface area contributed by atoms with E-state index in [-0.39, 0.29) is 11.5 Å². The smallest absolute Gasteiger partial charge is 0.129 e. The fourth-order valence-electron chi connectivity index (χ4n) is 1.58. The third-order valence-corrected chi connectivity index (χ3v) is 2.95. The molecule has 2 atom stereocenters. The number of hydrogen-bond acceptors (Lipinski definition) is 0. The summed E-state index contributed by atoms with van der Waals surface area (Å²) in [7, 11) is 0. The third kappa shape index (κ3) is 2.11. The lowest BCUT2D eigenvalue weighted by Crippen LogP contribution is -2.09. The van der Waals surface area contributed by atoms with Crippen LogP contribution in [-0.4, -0.2) is 0 Å². The Kier molecular flexibility index (Phi) is 3.62. The van der Waals surface area contributed by atoms with Crippen LogP contribution in [0.1, 0.15) is 38.7 Å². The van der Waals surface area contributed by atoms with Crippen molar-refractivity contribution in [1.29, 1.82) is 0 Å². The second-order valence-electron chi connectivity index (χ2n) is 3.81. The Balaban J connectivity index is 3.05. The molecule has 2 heteroatoms. The molecule has 0 nitrogen and oxygen atoms in total.